The molecule has 1 amide bonds. The van der Waals surface area contributed by atoms with E-state index in [0.29, 0.717) is 10.8 Å². The Morgan fingerprint density at radius 3 is 2.63 bits per heavy atom. The quantitative estimate of drug-likeness (QED) is 0.663. The molecule has 1 aromatic carbocycles. The number of carboxylic acids is 1. The highest BCUT2D eigenvalue weighted by molar-refractivity contribution is 7.99. The van der Waals surface area contributed by atoms with Gasteiger partial charge in [0.25, 0.3) is 0 Å². The number of benzene rings is 1. The van der Waals surface area contributed by atoms with Gasteiger partial charge in [0.05, 0.1) is 11.6 Å². The van der Waals surface area contributed by atoms with Gasteiger partial charge in [-0.05, 0) is 12.1 Å². The summed E-state index contributed by atoms with van der Waals surface area (Å²) in [5.41, 5.74) is 0. The number of carboxylic acid groups (broad SMARTS) is 1. The molecule has 0 aromatic heterocycles. The van der Waals surface area contributed by atoms with Crippen LogP contribution in [0.25, 0.3) is 0 Å². The molecule has 19 heavy (non-hydrogen) atoms. The Balaban J connectivity index is 2.35. The second kappa shape index (κ2) is 8.04. The fourth-order valence-corrected chi connectivity index (χ4v) is 2.45. The molecule has 1 aromatic rings. The van der Waals surface area contributed by atoms with E-state index in [-0.39, 0.29) is 6.42 Å². The number of rotatable bonds is 7. The third kappa shape index (κ3) is 5.50. The molecule has 0 aliphatic carbocycles. The first-order chi connectivity index (χ1) is 9.04. The minimum absolute atomic E-state index is 0.152. The molecular formula is C12H14ClNO4S. The maximum Gasteiger partial charge on any atom is 0.328 e. The Hall–Kier alpha value is -1.24. The molecule has 0 saturated heterocycles. The molecule has 0 unspecified atom stereocenters. The summed E-state index contributed by atoms with van der Waals surface area (Å²) in [4.78, 5) is 22.9. The zero-order valence-electron chi connectivity index (χ0n) is 10.0. The van der Waals surface area contributed by atoms with Crippen molar-refractivity contribution in [3.8, 4) is 0 Å². The Kier molecular flexibility index (Phi) is 6.69. The average molecular weight is 304 g/mol. The van der Waals surface area contributed by atoms with Crippen molar-refractivity contribution >= 4 is 35.2 Å². The van der Waals surface area contributed by atoms with Gasteiger partial charge in [-0.2, -0.15) is 0 Å². The molecule has 0 bridgehead atoms. The van der Waals surface area contributed by atoms with Crippen molar-refractivity contribution in [3.05, 3.63) is 29.3 Å². The van der Waals surface area contributed by atoms with E-state index < -0.39 is 24.5 Å². The number of hydrogen-bond donors (Lipinski definition) is 3. The minimum atomic E-state index is -1.25. The van der Waals surface area contributed by atoms with Gasteiger partial charge in [0.2, 0.25) is 5.91 Å². The number of nitrogens with one attached hydrogen (secondary N) is 1. The van der Waals surface area contributed by atoms with E-state index >= 15 is 0 Å². The van der Waals surface area contributed by atoms with E-state index in [9.17, 15) is 9.59 Å². The van der Waals surface area contributed by atoms with Crippen LogP contribution in [0.2, 0.25) is 5.02 Å². The molecule has 104 valence electrons. The van der Waals surface area contributed by atoms with Gasteiger partial charge in [0, 0.05) is 17.1 Å². The standard InChI is InChI=1S/C12H14ClNO4S/c13-8-3-1-2-4-10(8)19-6-5-11(16)14-9(7-15)12(17)18/h1-4,9,15H,5-7H2,(H,14,16)(H,17,18)/t9-/m0/s1. The minimum Gasteiger partial charge on any atom is -0.480 e. The van der Waals surface area contributed by atoms with Crippen LogP contribution in [0.4, 0.5) is 0 Å². The summed E-state index contributed by atoms with van der Waals surface area (Å²) in [6.45, 7) is -0.626. The largest absolute Gasteiger partial charge is 0.480 e. The highest BCUT2D eigenvalue weighted by Crippen LogP contribution is 2.26. The zero-order valence-corrected chi connectivity index (χ0v) is 11.6. The van der Waals surface area contributed by atoms with Crippen LogP contribution in [0.1, 0.15) is 6.42 Å². The van der Waals surface area contributed by atoms with Crippen LogP contribution >= 0.6 is 23.4 Å². The maximum atomic E-state index is 11.5. The predicted molar refractivity (Wildman–Crippen MR) is 73.4 cm³/mol. The van der Waals surface area contributed by atoms with Crippen LogP contribution in [0.5, 0.6) is 0 Å². The molecule has 5 nitrogen and oxygen atoms in total. The van der Waals surface area contributed by atoms with Crippen molar-refractivity contribution < 1.29 is 19.8 Å². The van der Waals surface area contributed by atoms with E-state index in [0.717, 1.165) is 4.90 Å². The number of aliphatic hydroxyl groups excluding tert-OH is 1. The van der Waals surface area contributed by atoms with Crippen LogP contribution in [-0.2, 0) is 9.59 Å². The molecule has 1 atom stereocenters. The molecule has 0 heterocycles. The number of carbonyl (C=O) groups is 2. The van der Waals surface area contributed by atoms with Crippen molar-refractivity contribution in [1.29, 1.82) is 0 Å². The molecule has 7 heteroatoms. The fourth-order valence-electron chi connectivity index (χ4n) is 1.27. The molecular weight excluding hydrogens is 290 g/mol. The Labute approximate surface area is 120 Å². The number of amides is 1. The predicted octanol–water partition coefficient (Wildman–Crippen LogP) is 1.38. The van der Waals surface area contributed by atoms with Crippen molar-refractivity contribution in [2.24, 2.45) is 0 Å². The summed E-state index contributed by atoms with van der Waals surface area (Å²) >= 11 is 7.37. The fraction of sp³-hybridized carbons (Fsp3) is 0.333. The van der Waals surface area contributed by atoms with Crippen molar-refractivity contribution in [3.63, 3.8) is 0 Å². The van der Waals surface area contributed by atoms with E-state index in [4.69, 9.17) is 21.8 Å². The summed E-state index contributed by atoms with van der Waals surface area (Å²) < 4.78 is 0. The Morgan fingerprint density at radius 1 is 1.37 bits per heavy atom. The van der Waals surface area contributed by atoms with E-state index in [2.05, 4.69) is 5.32 Å². The monoisotopic (exact) mass is 303 g/mol. The molecule has 0 radical (unpaired) electrons. The smallest absolute Gasteiger partial charge is 0.328 e. The topological polar surface area (TPSA) is 86.6 Å². The Bertz CT molecular complexity index is 455. The number of aliphatic hydroxyl groups is 1. The molecule has 0 aliphatic rings. The van der Waals surface area contributed by atoms with Crippen LogP contribution in [0.3, 0.4) is 0 Å². The van der Waals surface area contributed by atoms with Crippen LogP contribution in [0.15, 0.2) is 29.2 Å². The SMILES string of the molecule is O=C(CCSc1ccccc1Cl)N[C@@H](CO)C(=O)O. The van der Waals surface area contributed by atoms with Crippen LogP contribution < -0.4 is 5.32 Å². The highest BCUT2D eigenvalue weighted by Gasteiger charge is 2.18. The van der Waals surface area contributed by atoms with E-state index in [1.807, 2.05) is 18.2 Å². The van der Waals surface area contributed by atoms with Gasteiger partial charge in [-0.3, -0.25) is 4.79 Å². The summed E-state index contributed by atoms with van der Waals surface area (Å²) in [5.74, 6) is -1.19. The molecule has 0 saturated carbocycles. The van der Waals surface area contributed by atoms with Crippen molar-refractivity contribution in [1.82, 2.24) is 5.32 Å². The maximum absolute atomic E-state index is 11.5. The summed E-state index contributed by atoms with van der Waals surface area (Å²) in [7, 11) is 0. The second-order valence-electron chi connectivity index (χ2n) is 3.67. The van der Waals surface area contributed by atoms with Gasteiger partial charge in [0.1, 0.15) is 6.04 Å². The average Bonchev–Trinajstić information content (AvgIpc) is 2.38. The second-order valence-corrected chi connectivity index (χ2v) is 5.21. The molecule has 0 fully saturated rings. The van der Waals surface area contributed by atoms with E-state index in [1.54, 1.807) is 6.07 Å². The normalized spacial score (nSPS) is 11.9. The summed E-state index contributed by atoms with van der Waals surface area (Å²) in [6, 6.07) is 6.02. The number of thioether (sulfide) groups is 1. The van der Waals surface area contributed by atoms with Gasteiger partial charge in [-0.25, -0.2) is 4.79 Å². The first kappa shape index (κ1) is 15.8. The Morgan fingerprint density at radius 2 is 2.05 bits per heavy atom. The molecule has 1 rings (SSSR count). The lowest BCUT2D eigenvalue weighted by atomic mass is 10.3. The van der Waals surface area contributed by atoms with Crippen LogP contribution in [0, 0.1) is 0 Å². The molecule has 3 N–H and O–H groups in total. The first-order valence-electron chi connectivity index (χ1n) is 5.55. The molecule has 0 spiro atoms. The van der Waals surface area contributed by atoms with Gasteiger partial charge in [-0.1, -0.05) is 23.7 Å². The van der Waals surface area contributed by atoms with Crippen molar-refractivity contribution in [2.75, 3.05) is 12.4 Å². The summed E-state index contributed by atoms with van der Waals surface area (Å²) in [5, 5.41) is 20.3. The van der Waals surface area contributed by atoms with E-state index in [1.165, 1.54) is 11.8 Å². The number of halogens is 1. The van der Waals surface area contributed by atoms with Crippen molar-refractivity contribution in [2.45, 2.75) is 17.4 Å². The summed E-state index contributed by atoms with van der Waals surface area (Å²) in [6.07, 6.45) is 0.152. The number of carbonyl (C=O) groups excluding carboxylic acids is 1. The molecule has 0 aliphatic heterocycles. The van der Waals surface area contributed by atoms with Gasteiger partial charge < -0.3 is 15.5 Å². The zero-order chi connectivity index (χ0) is 14.3. The lowest BCUT2D eigenvalue weighted by molar-refractivity contribution is -0.142. The lowest BCUT2D eigenvalue weighted by Gasteiger charge is -2.11. The van der Waals surface area contributed by atoms with Crippen LogP contribution in [-0.4, -0.2) is 40.5 Å². The third-order valence-electron chi connectivity index (χ3n) is 2.24. The van der Waals surface area contributed by atoms with Gasteiger partial charge in [-0.15, -0.1) is 11.8 Å². The van der Waals surface area contributed by atoms with Gasteiger partial charge >= 0.3 is 5.97 Å². The number of hydrogen-bond acceptors (Lipinski definition) is 4. The highest BCUT2D eigenvalue weighted by atomic mass is 35.5. The first-order valence-corrected chi connectivity index (χ1v) is 6.91. The third-order valence-corrected chi connectivity index (χ3v) is 3.76. The lowest BCUT2D eigenvalue weighted by Crippen LogP contribution is -2.43. The van der Waals surface area contributed by atoms with Gasteiger partial charge in [0.15, 0.2) is 0 Å². The number of aliphatic carboxylic acids is 1.